The Hall–Kier alpha value is -3.26. The molecule has 0 spiro atoms. The Morgan fingerprint density at radius 1 is 0.969 bits per heavy atom. The first-order chi connectivity index (χ1) is 15.3. The number of thioether (sulfide) groups is 1. The topological polar surface area (TPSA) is 44.1 Å². The minimum absolute atomic E-state index is 0.204. The van der Waals surface area contributed by atoms with Crippen LogP contribution in [0.25, 0.3) is 10.9 Å². The van der Waals surface area contributed by atoms with Crippen LogP contribution in [0, 0.1) is 0 Å². The Morgan fingerprint density at radius 2 is 1.72 bits per heavy atom. The van der Waals surface area contributed by atoms with E-state index in [1.54, 1.807) is 42.0 Å². The molecular formula is C24H19F3N2O2S. The second-order valence-electron chi connectivity index (χ2n) is 7.14. The van der Waals surface area contributed by atoms with E-state index in [0.29, 0.717) is 27.4 Å². The second kappa shape index (κ2) is 9.08. The number of benzene rings is 3. The maximum atomic E-state index is 13.2. The predicted octanol–water partition coefficient (Wildman–Crippen LogP) is 5.76. The summed E-state index contributed by atoms with van der Waals surface area (Å²) in [5.74, 6) is 0.912. The van der Waals surface area contributed by atoms with Gasteiger partial charge in [-0.3, -0.25) is 9.36 Å². The molecule has 0 unspecified atom stereocenters. The van der Waals surface area contributed by atoms with Crippen LogP contribution in [-0.4, -0.2) is 16.7 Å². The van der Waals surface area contributed by atoms with Crippen LogP contribution < -0.4 is 10.3 Å². The summed E-state index contributed by atoms with van der Waals surface area (Å²) in [4.78, 5) is 17.9. The lowest BCUT2D eigenvalue weighted by atomic mass is 10.1. The molecule has 8 heteroatoms. The van der Waals surface area contributed by atoms with Crippen molar-refractivity contribution in [2.45, 2.75) is 23.6 Å². The number of rotatable bonds is 6. The molecule has 0 saturated heterocycles. The van der Waals surface area contributed by atoms with Gasteiger partial charge in [-0.1, -0.05) is 54.2 Å². The molecule has 4 aromatic rings. The number of ether oxygens (including phenoxy) is 1. The number of halogens is 3. The summed E-state index contributed by atoms with van der Waals surface area (Å²) < 4.78 is 46.0. The first kappa shape index (κ1) is 22.0. The number of alkyl halides is 3. The zero-order chi connectivity index (χ0) is 22.7. The summed E-state index contributed by atoms with van der Waals surface area (Å²) in [6.45, 7) is 0.263. The minimum Gasteiger partial charge on any atom is -0.497 e. The van der Waals surface area contributed by atoms with E-state index in [1.165, 1.54) is 17.8 Å². The van der Waals surface area contributed by atoms with Crippen molar-refractivity contribution in [2.75, 3.05) is 7.11 Å². The molecule has 0 fully saturated rings. The molecule has 1 aromatic heterocycles. The van der Waals surface area contributed by atoms with Crippen LogP contribution in [0.3, 0.4) is 0 Å². The third kappa shape index (κ3) is 4.80. The molecule has 4 nitrogen and oxygen atoms in total. The van der Waals surface area contributed by atoms with Crippen molar-refractivity contribution < 1.29 is 17.9 Å². The van der Waals surface area contributed by atoms with E-state index in [9.17, 15) is 18.0 Å². The molecule has 0 bridgehead atoms. The van der Waals surface area contributed by atoms with Crippen molar-refractivity contribution in [3.63, 3.8) is 0 Å². The summed E-state index contributed by atoms with van der Waals surface area (Å²) in [5, 5.41) is 0.924. The number of methoxy groups -OCH3 is 1. The Morgan fingerprint density at radius 3 is 2.50 bits per heavy atom. The van der Waals surface area contributed by atoms with E-state index >= 15 is 0 Å². The number of nitrogens with zero attached hydrogens (tertiary/aromatic N) is 2. The fourth-order valence-electron chi connectivity index (χ4n) is 3.34. The van der Waals surface area contributed by atoms with Gasteiger partial charge in [0.15, 0.2) is 5.16 Å². The van der Waals surface area contributed by atoms with Crippen LogP contribution in [0.4, 0.5) is 13.2 Å². The van der Waals surface area contributed by atoms with Crippen molar-refractivity contribution in [1.29, 1.82) is 0 Å². The molecule has 0 aliphatic rings. The van der Waals surface area contributed by atoms with Gasteiger partial charge in [-0.2, -0.15) is 13.2 Å². The summed E-state index contributed by atoms with van der Waals surface area (Å²) >= 11 is 1.23. The minimum atomic E-state index is -4.41. The van der Waals surface area contributed by atoms with Crippen molar-refractivity contribution in [3.8, 4) is 5.75 Å². The van der Waals surface area contributed by atoms with Crippen LogP contribution in [0.5, 0.6) is 5.75 Å². The van der Waals surface area contributed by atoms with Crippen molar-refractivity contribution in [3.05, 3.63) is 99.8 Å². The number of para-hydroxylation sites is 1. The van der Waals surface area contributed by atoms with Crippen LogP contribution >= 0.6 is 11.8 Å². The first-order valence-corrected chi connectivity index (χ1v) is 10.7. The highest BCUT2D eigenvalue weighted by Crippen LogP contribution is 2.31. The average molecular weight is 456 g/mol. The molecule has 0 aliphatic carbocycles. The van der Waals surface area contributed by atoms with Gasteiger partial charge in [-0.25, -0.2) is 4.98 Å². The van der Waals surface area contributed by atoms with Gasteiger partial charge in [-0.05, 0) is 41.5 Å². The number of hydrogen-bond acceptors (Lipinski definition) is 4. The van der Waals surface area contributed by atoms with Gasteiger partial charge in [-0.15, -0.1) is 0 Å². The molecule has 1 heterocycles. The molecule has 0 atom stereocenters. The fraction of sp³-hybridized carbons (Fsp3) is 0.167. The largest absolute Gasteiger partial charge is 0.497 e. The summed E-state index contributed by atoms with van der Waals surface area (Å²) in [5.41, 5.74) is 0.997. The van der Waals surface area contributed by atoms with Gasteiger partial charge in [0.1, 0.15) is 5.75 Å². The van der Waals surface area contributed by atoms with E-state index in [2.05, 4.69) is 4.98 Å². The number of hydrogen-bond donors (Lipinski definition) is 0. The van der Waals surface area contributed by atoms with Crippen LogP contribution in [0.1, 0.15) is 16.7 Å². The third-order valence-corrected chi connectivity index (χ3v) is 5.97. The van der Waals surface area contributed by atoms with E-state index in [1.807, 2.05) is 24.3 Å². The van der Waals surface area contributed by atoms with Gasteiger partial charge in [0, 0.05) is 5.75 Å². The molecule has 0 saturated carbocycles. The third-order valence-electron chi connectivity index (χ3n) is 4.92. The highest BCUT2D eigenvalue weighted by Gasteiger charge is 2.30. The molecular weight excluding hydrogens is 437 g/mol. The quantitative estimate of drug-likeness (QED) is 0.273. The number of fused-ring (bicyclic) bond motifs is 1. The van der Waals surface area contributed by atoms with Gasteiger partial charge < -0.3 is 4.74 Å². The molecule has 3 aromatic carbocycles. The Bertz CT molecular complexity index is 1320. The van der Waals surface area contributed by atoms with E-state index in [-0.39, 0.29) is 17.9 Å². The van der Waals surface area contributed by atoms with E-state index in [4.69, 9.17) is 4.74 Å². The lowest BCUT2D eigenvalue weighted by Gasteiger charge is -2.14. The van der Waals surface area contributed by atoms with Crippen LogP contribution in [0.15, 0.2) is 82.7 Å². The molecule has 0 radical (unpaired) electrons. The van der Waals surface area contributed by atoms with Gasteiger partial charge >= 0.3 is 6.18 Å². The molecule has 0 aliphatic heterocycles. The van der Waals surface area contributed by atoms with Crippen molar-refractivity contribution >= 4 is 22.7 Å². The summed E-state index contributed by atoms with van der Waals surface area (Å²) in [7, 11) is 1.57. The lowest BCUT2D eigenvalue weighted by molar-refractivity contribution is -0.137. The fourth-order valence-corrected chi connectivity index (χ4v) is 4.28. The van der Waals surface area contributed by atoms with Crippen molar-refractivity contribution in [2.24, 2.45) is 0 Å². The van der Waals surface area contributed by atoms with E-state index in [0.717, 1.165) is 17.7 Å². The molecule has 4 rings (SSSR count). The molecule has 32 heavy (non-hydrogen) atoms. The Kier molecular flexibility index (Phi) is 6.23. The smallest absolute Gasteiger partial charge is 0.416 e. The summed E-state index contributed by atoms with van der Waals surface area (Å²) in [6, 6.07) is 19.6. The SMILES string of the molecule is COc1cccc(Cn2c(SCc3cccc(C(F)(F)F)c3)nc3ccccc3c2=O)c1. The average Bonchev–Trinajstić information content (AvgIpc) is 2.79. The Labute approximate surface area is 186 Å². The normalized spacial score (nSPS) is 11.6. The zero-order valence-corrected chi connectivity index (χ0v) is 17.9. The van der Waals surface area contributed by atoms with Gasteiger partial charge in [0.2, 0.25) is 0 Å². The highest BCUT2D eigenvalue weighted by atomic mass is 32.2. The van der Waals surface area contributed by atoms with Crippen LogP contribution in [-0.2, 0) is 18.5 Å². The standard InChI is InChI=1S/C24H19F3N2O2S/c1-31-19-9-5-6-16(13-19)14-29-22(30)20-10-2-3-11-21(20)28-23(29)32-15-17-7-4-8-18(12-17)24(25,26)27/h2-13H,14-15H2,1H3. The number of aromatic nitrogens is 2. The van der Waals surface area contributed by atoms with Crippen LogP contribution in [0.2, 0.25) is 0 Å². The zero-order valence-electron chi connectivity index (χ0n) is 17.1. The second-order valence-corrected chi connectivity index (χ2v) is 8.08. The highest BCUT2D eigenvalue weighted by molar-refractivity contribution is 7.98. The van der Waals surface area contributed by atoms with Gasteiger partial charge in [0.05, 0.1) is 30.1 Å². The van der Waals surface area contributed by atoms with Crippen molar-refractivity contribution in [1.82, 2.24) is 9.55 Å². The van der Waals surface area contributed by atoms with E-state index < -0.39 is 11.7 Å². The summed E-state index contributed by atoms with van der Waals surface area (Å²) in [6.07, 6.45) is -4.41. The monoisotopic (exact) mass is 456 g/mol. The molecule has 0 N–H and O–H groups in total. The predicted molar refractivity (Wildman–Crippen MR) is 119 cm³/mol. The van der Waals surface area contributed by atoms with Gasteiger partial charge in [0.25, 0.3) is 5.56 Å². The molecule has 0 amide bonds. The lowest BCUT2D eigenvalue weighted by Crippen LogP contribution is -2.24. The maximum absolute atomic E-state index is 13.2. The molecule has 164 valence electrons. The first-order valence-electron chi connectivity index (χ1n) is 9.76. The Balaban J connectivity index is 1.71. The maximum Gasteiger partial charge on any atom is 0.416 e.